The van der Waals surface area contributed by atoms with Crippen molar-refractivity contribution in [3.8, 4) is 0 Å². The SMILES string of the molecule is O=C(C1CCC1)N1C[C@H](c2ccsc2)[C@H]2CN(Cc3cccs3)CC[C@H]21. The van der Waals surface area contributed by atoms with E-state index < -0.39 is 0 Å². The number of carbonyl (C=O) groups is 1. The number of hydrogen-bond donors (Lipinski definition) is 0. The van der Waals surface area contributed by atoms with Crippen molar-refractivity contribution in [1.29, 1.82) is 0 Å². The Morgan fingerprint density at radius 1 is 1.15 bits per heavy atom. The van der Waals surface area contributed by atoms with Gasteiger partial charge in [0.15, 0.2) is 0 Å². The highest BCUT2D eigenvalue weighted by molar-refractivity contribution is 7.09. The topological polar surface area (TPSA) is 23.6 Å². The first-order chi connectivity index (χ1) is 12.8. The molecule has 3 fully saturated rings. The van der Waals surface area contributed by atoms with Gasteiger partial charge in [0.05, 0.1) is 0 Å². The number of nitrogens with zero attached hydrogens (tertiary/aromatic N) is 2. The van der Waals surface area contributed by atoms with Crippen LogP contribution in [0.15, 0.2) is 34.3 Å². The van der Waals surface area contributed by atoms with Crippen molar-refractivity contribution in [3.63, 3.8) is 0 Å². The second-order valence-electron chi connectivity index (χ2n) is 8.12. The van der Waals surface area contributed by atoms with Crippen molar-refractivity contribution < 1.29 is 4.79 Å². The van der Waals surface area contributed by atoms with Gasteiger partial charge in [0.25, 0.3) is 0 Å². The minimum absolute atomic E-state index is 0.320. The molecule has 0 bridgehead atoms. The van der Waals surface area contributed by atoms with Gasteiger partial charge in [0.2, 0.25) is 5.91 Å². The molecule has 0 radical (unpaired) electrons. The number of carbonyl (C=O) groups excluding carboxylic acids is 1. The standard InChI is InChI=1S/C21H26N2OS2/c24-21(15-3-1-4-15)23-13-18(16-7-10-25-14-16)19-12-22(8-6-20(19)23)11-17-5-2-9-26-17/h2,5,7,9-10,14-15,18-20H,1,3-4,6,8,11-13H2/t18-,19-,20-/m1/s1. The first-order valence-corrected chi connectivity index (χ1v) is 11.7. The molecule has 3 atom stereocenters. The molecule has 1 saturated carbocycles. The highest BCUT2D eigenvalue weighted by Gasteiger charge is 2.48. The predicted octanol–water partition coefficient (Wildman–Crippen LogP) is 4.43. The Morgan fingerprint density at radius 2 is 2.08 bits per heavy atom. The lowest BCUT2D eigenvalue weighted by Gasteiger charge is -2.40. The van der Waals surface area contributed by atoms with E-state index in [4.69, 9.17) is 0 Å². The van der Waals surface area contributed by atoms with Gasteiger partial charge in [0.1, 0.15) is 0 Å². The predicted molar refractivity (Wildman–Crippen MR) is 108 cm³/mol. The summed E-state index contributed by atoms with van der Waals surface area (Å²) >= 11 is 3.64. The van der Waals surface area contributed by atoms with Crippen LogP contribution < -0.4 is 0 Å². The van der Waals surface area contributed by atoms with Gasteiger partial charge in [-0.25, -0.2) is 0 Å². The number of rotatable bonds is 4. The zero-order valence-corrected chi connectivity index (χ0v) is 16.7. The molecule has 1 aliphatic carbocycles. The molecule has 3 nitrogen and oxygen atoms in total. The molecule has 5 heteroatoms. The first-order valence-electron chi connectivity index (χ1n) is 9.87. The van der Waals surface area contributed by atoms with E-state index >= 15 is 0 Å². The van der Waals surface area contributed by atoms with Crippen LogP contribution in [0.3, 0.4) is 0 Å². The summed E-state index contributed by atoms with van der Waals surface area (Å²) in [5.74, 6) is 1.88. The second kappa shape index (κ2) is 7.10. The Hall–Kier alpha value is -1.17. The maximum absolute atomic E-state index is 13.1. The van der Waals surface area contributed by atoms with Gasteiger partial charge in [-0.2, -0.15) is 11.3 Å². The zero-order chi connectivity index (χ0) is 17.5. The fourth-order valence-electron chi connectivity index (χ4n) is 5.05. The van der Waals surface area contributed by atoms with Crippen LogP contribution in [0, 0.1) is 11.8 Å². The minimum atomic E-state index is 0.320. The van der Waals surface area contributed by atoms with E-state index in [0.717, 1.165) is 45.4 Å². The Labute approximate surface area is 163 Å². The molecule has 138 valence electrons. The summed E-state index contributed by atoms with van der Waals surface area (Å²) in [5, 5.41) is 6.66. The van der Waals surface area contributed by atoms with Crippen LogP contribution in [0.25, 0.3) is 0 Å². The fourth-order valence-corrected chi connectivity index (χ4v) is 6.52. The van der Waals surface area contributed by atoms with Crippen LogP contribution in [0.1, 0.15) is 42.0 Å². The van der Waals surface area contributed by atoms with Crippen molar-refractivity contribution in [2.45, 2.75) is 44.2 Å². The number of likely N-dealkylation sites (tertiary alicyclic amines) is 2. The fraction of sp³-hybridized carbons (Fsp3) is 0.571. The maximum atomic E-state index is 13.1. The molecule has 2 aromatic rings. The molecule has 4 heterocycles. The van der Waals surface area contributed by atoms with E-state index in [1.165, 1.54) is 16.9 Å². The summed E-state index contributed by atoms with van der Waals surface area (Å²) in [6.45, 7) is 4.24. The van der Waals surface area contributed by atoms with E-state index in [9.17, 15) is 4.79 Å². The van der Waals surface area contributed by atoms with Gasteiger partial charge in [-0.15, -0.1) is 11.3 Å². The van der Waals surface area contributed by atoms with E-state index in [0.29, 0.717) is 29.7 Å². The Kier molecular flexibility index (Phi) is 4.63. The molecule has 2 saturated heterocycles. The number of thiophene rings is 2. The lowest BCUT2D eigenvalue weighted by molar-refractivity contribution is -0.140. The third-order valence-corrected chi connectivity index (χ3v) is 8.25. The molecular formula is C21H26N2OS2. The summed E-state index contributed by atoms with van der Waals surface area (Å²) in [5.41, 5.74) is 1.45. The highest BCUT2D eigenvalue weighted by atomic mass is 32.1. The van der Waals surface area contributed by atoms with E-state index in [1.54, 1.807) is 11.3 Å². The molecule has 1 amide bonds. The number of piperidine rings is 1. The summed E-state index contributed by atoms with van der Waals surface area (Å²) in [4.78, 5) is 19.4. The average Bonchev–Trinajstić information content (AvgIpc) is 3.33. The van der Waals surface area contributed by atoms with E-state index in [1.807, 2.05) is 11.3 Å². The Bertz CT molecular complexity index is 738. The van der Waals surface area contributed by atoms with Crippen LogP contribution in [-0.4, -0.2) is 41.4 Å². The molecule has 0 spiro atoms. The second-order valence-corrected chi connectivity index (χ2v) is 9.93. The zero-order valence-electron chi connectivity index (χ0n) is 15.0. The summed E-state index contributed by atoms with van der Waals surface area (Å²) in [7, 11) is 0. The molecule has 2 aliphatic heterocycles. The van der Waals surface area contributed by atoms with Gasteiger partial charge in [-0.3, -0.25) is 9.69 Å². The molecule has 0 aromatic carbocycles. The van der Waals surface area contributed by atoms with E-state index in [-0.39, 0.29) is 0 Å². The number of fused-ring (bicyclic) bond motifs is 1. The molecule has 3 aliphatic rings. The molecule has 2 aromatic heterocycles. The molecule has 0 unspecified atom stereocenters. The third-order valence-electron chi connectivity index (χ3n) is 6.68. The third kappa shape index (κ3) is 3.04. The van der Waals surface area contributed by atoms with Crippen LogP contribution >= 0.6 is 22.7 Å². The quantitative estimate of drug-likeness (QED) is 0.776. The van der Waals surface area contributed by atoms with Crippen molar-refractivity contribution in [2.24, 2.45) is 11.8 Å². The summed E-state index contributed by atoms with van der Waals surface area (Å²) < 4.78 is 0. The monoisotopic (exact) mass is 386 g/mol. The average molecular weight is 387 g/mol. The van der Waals surface area contributed by atoms with Gasteiger partial charge in [0, 0.05) is 54.9 Å². The van der Waals surface area contributed by atoms with Crippen LogP contribution in [0.5, 0.6) is 0 Å². The van der Waals surface area contributed by atoms with Gasteiger partial charge >= 0.3 is 0 Å². The Balaban J connectivity index is 1.36. The summed E-state index contributed by atoms with van der Waals surface area (Å²) in [6.07, 6.45) is 4.59. The summed E-state index contributed by atoms with van der Waals surface area (Å²) in [6, 6.07) is 7.12. The normalized spacial score (nSPS) is 29.5. The minimum Gasteiger partial charge on any atom is -0.338 e. The van der Waals surface area contributed by atoms with Crippen molar-refractivity contribution in [1.82, 2.24) is 9.80 Å². The lowest BCUT2D eigenvalue weighted by atomic mass is 9.82. The molecular weight excluding hydrogens is 360 g/mol. The van der Waals surface area contributed by atoms with Crippen LogP contribution in [-0.2, 0) is 11.3 Å². The Morgan fingerprint density at radius 3 is 2.77 bits per heavy atom. The van der Waals surface area contributed by atoms with Crippen LogP contribution in [0.2, 0.25) is 0 Å². The number of hydrogen-bond acceptors (Lipinski definition) is 4. The van der Waals surface area contributed by atoms with Crippen LogP contribution in [0.4, 0.5) is 0 Å². The van der Waals surface area contributed by atoms with Crippen molar-refractivity contribution in [3.05, 3.63) is 44.8 Å². The van der Waals surface area contributed by atoms with Crippen molar-refractivity contribution >= 4 is 28.6 Å². The van der Waals surface area contributed by atoms with Crippen molar-refractivity contribution in [2.75, 3.05) is 19.6 Å². The molecule has 5 rings (SSSR count). The number of amides is 1. The smallest absolute Gasteiger partial charge is 0.225 e. The van der Waals surface area contributed by atoms with E-state index in [2.05, 4.69) is 44.1 Å². The van der Waals surface area contributed by atoms with Gasteiger partial charge < -0.3 is 4.90 Å². The van der Waals surface area contributed by atoms with Gasteiger partial charge in [-0.05, 0) is 53.1 Å². The first kappa shape index (κ1) is 17.0. The molecule has 0 N–H and O–H groups in total. The van der Waals surface area contributed by atoms with Gasteiger partial charge in [-0.1, -0.05) is 12.5 Å². The molecule has 26 heavy (non-hydrogen) atoms. The largest absolute Gasteiger partial charge is 0.338 e. The maximum Gasteiger partial charge on any atom is 0.225 e. The lowest BCUT2D eigenvalue weighted by Crippen LogP contribution is -2.49. The highest BCUT2D eigenvalue weighted by Crippen LogP contribution is 2.44.